The van der Waals surface area contributed by atoms with E-state index in [0.29, 0.717) is 17.9 Å². The van der Waals surface area contributed by atoms with E-state index in [4.69, 9.17) is 23.2 Å². The number of fused-ring (bicyclic) bond motifs is 1. The van der Waals surface area contributed by atoms with Gasteiger partial charge < -0.3 is 5.32 Å². The molecule has 2 aromatic rings. The zero-order valence-electron chi connectivity index (χ0n) is 11.0. The molecule has 0 spiro atoms. The molecule has 2 aromatic carbocycles. The second-order valence-electron chi connectivity index (χ2n) is 5.05. The van der Waals surface area contributed by atoms with Gasteiger partial charge in [0.25, 0.3) is 0 Å². The molecule has 1 amide bonds. The van der Waals surface area contributed by atoms with Crippen LogP contribution < -0.4 is 5.32 Å². The first-order valence-corrected chi connectivity index (χ1v) is 8.14. The summed E-state index contributed by atoms with van der Waals surface area (Å²) in [6.45, 7) is 0. The highest BCUT2D eigenvalue weighted by atomic mass is 79.9. The zero-order chi connectivity index (χ0) is 15.0. The van der Waals surface area contributed by atoms with Crippen molar-refractivity contribution in [2.24, 2.45) is 0 Å². The van der Waals surface area contributed by atoms with E-state index in [-0.39, 0.29) is 11.3 Å². The highest BCUT2D eigenvalue weighted by Gasteiger charge is 2.22. The van der Waals surface area contributed by atoms with E-state index < -0.39 is 0 Å². The third-order valence-electron chi connectivity index (χ3n) is 3.51. The smallest absolute Gasteiger partial charge is 0.228 e. The molecule has 0 bridgehead atoms. The minimum Gasteiger partial charge on any atom is -0.325 e. The monoisotopic (exact) mass is 383 g/mol. The van der Waals surface area contributed by atoms with Crippen molar-refractivity contribution in [2.75, 3.05) is 5.32 Å². The van der Waals surface area contributed by atoms with Crippen LogP contribution in [0.25, 0.3) is 0 Å². The number of benzene rings is 2. The van der Waals surface area contributed by atoms with Crippen molar-refractivity contribution in [3.63, 3.8) is 0 Å². The largest absolute Gasteiger partial charge is 0.325 e. The second-order valence-corrected chi connectivity index (χ2v) is 6.90. The molecule has 3 rings (SSSR count). The number of hydrogen-bond acceptors (Lipinski definition) is 1. The molecule has 1 heterocycles. The highest BCUT2D eigenvalue weighted by Crippen LogP contribution is 2.36. The molecular weight excluding hydrogens is 373 g/mol. The van der Waals surface area contributed by atoms with Crippen LogP contribution in [0.4, 0.5) is 5.69 Å². The maximum atomic E-state index is 11.4. The van der Waals surface area contributed by atoms with Gasteiger partial charge in [-0.25, -0.2) is 0 Å². The summed E-state index contributed by atoms with van der Waals surface area (Å²) < 4.78 is 1.04. The van der Waals surface area contributed by atoms with Crippen molar-refractivity contribution in [1.82, 2.24) is 0 Å². The van der Waals surface area contributed by atoms with Gasteiger partial charge in [-0.2, -0.15) is 0 Å². The fourth-order valence-electron chi connectivity index (χ4n) is 2.44. The summed E-state index contributed by atoms with van der Waals surface area (Å²) in [4.78, 5) is 11.4. The van der Waals surface area contributed by atoms with Crippen LogP contribution >= 0.6 is 39.1 Å². The topological polar surface area (TPSA) is 29.1 Å². The van der Waals surface area contributed by atoms with E-state index in [9.17, 15) is 4.79 Å². The van der Waals surface area contributed by atoms with E-state index >= 15 is 0 Å². The number of rotatable bonds is 3. The van der Waals surface area contributed by atoms with Crippen molar-refractivity contribution < 1.29 is 4.79 Å². The number of halogens is 3. The molecule has 2 nitrogen and oxygen atoms in total. The van der Waals surface area contributed by atoms with Crippen molar-refractivity contribution in [2.45, 2.75) is 18.2 Å². The predicted molar refractivity (Wildman–Crippen MR) is 90.2 cm³/mol. The number of hydrogen-bond donors (Lipinski definition) is 1. The molecule has 21 heavy (non-hydrogen) atoms. The van der Waals surface area contributed by atoms with Crippen molar-refractivity contribution in [3.05, 3.63) is 62.6 Å². The minimum absolute atomic E-state index is 0.00255. The summed E-state index contributed by atoms with van der Waals surface area (Å²) in [6.07, 6.45) is 1.08. The molecule has 1 atom stereocenters. The summed E-state index contributed by atoms with van der Waals surface area (Å²) in [5, 5.41) is 3.16. The average molecular weight is 385 g/mol. The molecule has 0 saturated carbocycles. The summed E-state index contributed by atoms with van der Waals surface area (Å²) in [6, 6.07) is 11.8. The SMILES string of the molecule is O=C1Cc2cc(C(Cl)Cc3ccc(Br)cc3)c(Cl)cc2N1. The standard InChI is InChI=1S/C16H12BrCl2NO/c17-11-3-1-9(2-4-11)5-13(18)12-6-10-7-16(21)20-15(10)8-14(12)19/h1-4,6,8,13H,5,7H2,(H,20,21). The lowest BCUT2D eigenvalue weighted by atomic mass is 10.0. The molecule has 0 fully saturated rings. The van der Waals surface area contributed by atoms with Crippen molar-refractivity contribution in [1.29, 1.82) is 0 Å². The lowest BCUT2D eigenvalue weighted by molar-refractivity contribution is -0.115. The molecule has 0 aliphatic carbocycles. The fraction of sp³-hybridized carbons (Fsp3) is 0.188. The van der Waals surface area contributed by atoms with E-state index in [1.807, 2.05) is 30.3 Å². The van der Waals surface area contributed by atoms with Gasteiger partial charge in [0, 0.05) is 15.2 Å². The van der Waals surface area contributed by atoms with E-state index in [2.05, 4.69) is 21.2 Å². The maximum absolute atomic E-state index is 11.4. The van der Waals surface area contributed by atoms with Gasteiger partial charge in [-0.3, -0.25) is 4.79 Å². The van der Waals surface area contributed by atoms with Gasteiger partial charge in [-0.05, 0) is 41.3 Å². The number of carbonyl (C=O) groups is 1. The molecule has 0 radical (unpaired) electrons. The fourth-order valence-corrected chi connectivity index (χ4v) is 3.42. The Bertz CT molecular complexity index is 700. The number of anilines is 1. The Morgan fingerprint density at radius 1 is 1.24 bits per heavy atom. The minimum atomic E-state index is -0.223. The van der Waals surface area contributed by atoms with Gasteiger partial charge in [0.1, 0.15) is 0 Å². The van der Waals surface area contributed by atoms with Crippen LogP contribution in [0.2, 0.25) is 5.02 Å². The quantitative estimate of drug-likeness (QED) is 0.731. The van der Waals surface area contributed by atoms with Crippen LogP contribution in [-0.2, 0) is 17.6 Å². The molecule has 108 valence electrons. The Kier molecular flexibility index (Phi) is 4.25. The van der Waals surface area contributed by atoms with Crippen molar-refractivity contribution in [3.8, 4) is 0 Å². The van der Waals surface area contributed by atoms with Crippen LogP contribution in [0.5, 0.6) is 0 Å². The van der Waals surface area contributed by atoms with Gasteiger partial charge in [0.2, 0.25) is 5.91 Å². The molecule has 1 aliphatic heterocycles. The van der Waals surface area contributed by atoms with Gasteiger partial charge in [-0.1, -0.05) is 45.7 Å². The normalized spacial score (nSPS) is 14.7. The van der Waals surface area contributed by atoms with Crippen LogP contribution in [0.3, 0.4) is 0 Å². The highest BCUT2D eigenvalue weighted by molar-refractivity contribution is 9.10. The van der Waals surface area contributed by atoms with E-state index in [1.165, 1.54) is 0 Å². The summed E-state index contributed by atoms with van der Waals surface area (Å²) in [7, 11) is 0. The molecular formula is C16H12BrCl2NO. The third kappa shape index (κ3) is 3.25. The van der Waals surface area contributed by atoms with Gasteiger partial charge in [0.15, 0.2) is 0 Å². The number of amides is 1. The summed E-state index contributed by atoms with van der Waals surface area (Å²) >= 11 is 16.2. The Balaban J connectivity index is 1.85. The lowest BCUT2D eigenvalue weighted by Gasteiger charge is -2.14. The third-order valence-corrected chi connectivity index (χ3v) is 4.76. The average Bonchev–Trinajstić information content (AvgIpc) is 2.79. The molecule has 0 saturated heterocycles. The first-order valence-electron chi connectivity index (χ1n) is 6.53. The van der Waals surface area contributed by atoms with Crippen LogP contribution in [0.15, 0.2) is 40.9 Å². The lowest BCUT2D eigenvalue weighted by Crippen LogP contribution is -2.03. The summed E-state index contributed by atoms with van der Waals surface area (Å²) in [5.41, 5.74) is 3.77. The number of nitrogens with one attached hydrogen (secondary N) is 1. The molecule has 1 aliphatic rings. The molecule has 5 heteroatoms. The number of alkyl halides is 1. The van der Waals surface area contributed by atoms with Crippen LogP contribution in [-0.4, -0.2) is 5.91 Å². The Hall–Kier alpha value is -1.03. The predicted octanol–water partition coefficient (Wildman–Crippen LogP) is 5.12. The molecule has 1 unspecified atom stereocenters. The zero-order valence-corrected chi connectivity index (χ0v) is 14.1. The van der Waals surface area contributed by atoms with Gasteiger partial charge in [-0.15, -0.1) is 11.6 Å². The Labute approximate surface area is 141 Å². The Morgan fingerprint density at radius 2 is 1.95 bits per heavy atom. The van der Waals surface area contributed by atoms with Gasteiger partial charge >= 0.3 is 0 Å². The second kappa shape index (κ2) is 5.99. The summed E-state index contributed by atoms with van der Waals surface area (Å²) in [5.74, 6) is -0.00255. The molecule has 1 N–H and O–H groups in total. The first-order chi connectivity index (χ1) is 10.0. The van der Waals surface area contributed by atoms with Crippen molar-refractivity contribution >= 4 is 50.7 Å². The number of carbonyl (C=O) groups excluding carboxylic acids is 1. The van der Waals surface area contributed by atoms with E-state index in [1.54, 1.807) is 6.07 Å². The van der Waals surface area contributed by atoms with E-state index in [0.717, 1.165) is 26.9 Å². The van der Waals surface area contributed by atoms with Gasteiger partial charge in [0.05, 0.1) is 11.8 Å². The Morgan fingerprint density at radius 3 is 2.67 bits per heavy atom. The maximum Gasteiger partial charge on any atom is 0.228 e. The van der Waals surface area contributed by atoms with Crippen LogP contribution in [0.1, 0.15) is 22.1 Å². The first kappa shape index (κ1) is 14.9. The van der Waals surface area contributed by atoms with Crippen LogP contribution in [0, 0.1) is 0 Å². The molecule has 0 aromatic heterocycles.